The van der Waals surface area contributed by atoms with Crippen molar-refractivity contribution in [2.45, 2.75) is 57.8 Å². The first kappa shape index (κ1) is 16.7. The standard InChI is InChI=1S/C20H27N3O/c1-13-3-2-4-14(6-5-13)15-7-9-18-17(11-15)12-16(20(22)23-18)8-10-19(21)24/h7,9,11-14H,2-6,8,10H2,1H3,(H2,21,24)(H2,22,23). The van der Waals surface area contributed by atoms with Crippen molar-refractivity contribution < 1.29 is 4.79 Å². The highest BCUT2D eigenvalue weighted by molar-refractivity contribution is 5.82. The molecule has 1 aromatic heterocycles. The van der Waals surface area contributed by atoms with Gasteiger partial charge in [0.25, 0.3) is 0 Å². The molecule has 0 aliphatic heterocycles. The van der Waals surface area contributed by atoms with E-state index in [2.05, 4.69) is 36.2 Å². The summed E-state index contributed by atoms with van der Waals surface area (Å²) in [6, 6.07) is 8.62. The Kier molecular flexibility index (Phi) is 5.03. The molecule has 1 aliphatic carbocycles. The highest BCUT2D eigenvalue weighted by Gasteiger charge is 2.18. The van der Waals surface area contributed by atoms with Gasteiger partial charge in [0.05, 0.1) is 5.52 Å². The summed E-state index contributed by atoms with van der Waals surface area (Å²) < 4.78 is 0. The number of nitrogen functional groups attached to an aromatic ring is 1. The van der Waals surface area contributed by atoms with Gasteiger partial charge in [-0.2, -0.15) is 0 Å². The van der Waals surface area contributed by atoms with Gasteiger partial charge in [0.15, 0.2) is 0 Å². The predicted molar refractivity (Wildman–Crippen MR) is 98.7 cm³/mol. The third-order valence-corrected chi connectivity index (χ3v) is 5.32. The lowest BCUT2D eigenvalue weighted by atomic mass is 9.90. The van der Waals surface area contributed by atoms with Crippen molar-refractivity contribution in [3.05, 3.63) is 35.4 Å². The number of pyridine rings is 1. The molecule has 1 amide bonds. The van der Waals surface area contributed by atoms with Crippen LogP contribution in [-0.2, 0) is 11.2 Å². The molecule has 2 aromatic rings. The predicted octanol–water partition coefficient (Wildman–Crippen LogP) is 3.92. The van der Waals surface area contributed by atoms with Crippen LogP contribution in [-0.4, -0.2) is 10.9 Å². The molecule has 1 aromatic carbocycles. The van der Waals surface area contributed by atoms with Crippen LogP contribution in [0.2, 0.25) is 0 Å². The topological polar surface area (TPSA) is 82.0 Å². The summed E-state index contributed by atoms with van der Waals surface area (Å²) in [6.45, 7) is 2.36. The number of hydrogen-bond donors (Lipinski definition) is 2. The number of anilines is 1. The van der Waals surface area contributed by atoms with Crippen LogP contribution in [0.4, 0.5) is 5.82 Å². The van der Waals surface area contributed by atoms with Crippen LogP contribution < -0.4 is 11.5 Å². The molecule has 128 valence electrons. The average Bonchev–Trinajstić information content (AvgIpc) is 2.77. The lowest BCUT2D eigenvalue weighted by Crippen LogP contribution is -2.12. The Hall–Kier alpha value is -2.10. The summed E-state index contributed by atoms with van der Waals surface area (Å²) >= 11 is 0. The number of rotatable bonds is 4. The molecule has 0 spiro atoms. The van der Waals surface area contributed by atoms with E-state index in [-0.39, 0.29) is 5.91 Å². The number of carbonyl (C=O) groups is 1. The lowest BCUT2D eigenvalue weighted by molar-refractivity contribution is -0.117. The minimum atomic E-state index is -0.309. The van der Waals surface area contributed by atoms with Gasteiger partial charge in [-0.15, -0.1) is 0 Å². The summed E-state index contributed by atoms with van der Waals surface area (Å²) in [6.07, 6.45) is 7.36. The summed E-state index contributed by atoms with van der Waals surface area (Å²) in [5, 5.41) is 1.11. The number of primary amides is 1. The maximum Gasteiger partial charge on any atom is 0.217 e. The fourth-order valence-electron chi connectivity index (χ4n) is 3.79. The molecular formula is C20H27N3O. The lowest BCUT2D eigenvalue weighted by Gasteiger charge is -2.16. The average molecular weight is 325 g/mol. The molecule has 0 saturated heterocycles. The molecule has 2 unspecified atom stereocenters. The van der Waals surface area contributed by atoms with Crippen molar-refractivity contribution >= 4 is 22.6 Å². The van der Waals surface area contributed by atoms with Gasteiger partial charge in [-0.3, -0.25) is 4.79 Å². The van der Waals surface area contributed by atoms with Crippen molar-refractivity contribution in [2.75, 3.05) is 5.73 Å². The number of fused-ring (bicyclic) bond motifs is 1. The third kappa shape index (κ3) is 3.86. The van der Waals surface area contributed by atoms with Crippen LogP contribution in [0.3, 0.4) is 0 Å². The maximum absolute atomic E-state index is 11.0. The normalized spacial score (nSPS) is 21.5. The summed E-state index contributed by atoms with van der Waals surface area (Å²) in [7, 11) is 0. The first-order valence-corrected chi connectivity index (χ1v) is 9.00. The van der Waals surface area contributed by atoms with Crippen LogP contribution in [0.15, 0.2) is 24.3 Å². The Morgan fingerprint density at radius 1 is 1.21 bits per heavy atom. The first-order valence-electron chi connectivity index (χ1n) is 9.00. The number of benzene rings is 1. The zero-order valence-corrected chi connectivity index (χ0v) is 14.4. The number of carbonyl (C=O) groups excluding carboxylic acids is 1. The van der Waals surface area contributed by atoms with E-state index >= 15 is 0 Å². The Morgan fingerprint density at radius 2 is 2.04 bits per heavy atom. The molecule has 3 rings (SSSR count). The second-order valence-electron chi connectivity index (χ2n) is 7.26. The second kappa shape index (κ2) is 7.20. The number of amides is 1. The van der Waals surface area contributed by atoms with E-state index in [0.717, 1.165) is 22.4 Å². The molecule has 0 bridgehead atoms. The van der Waals surface area contributed by atoms with Gasteiger partial charge in [0, 0.05) is 11.8 Å². The van der Waals surface area contributed by atoms with E-state index in [9.17, 15) is 4.79 Å². The molecule has 4 heteroatoms. The second-order valence-corrected chi connectivity index (χ2v) is 7.26. The van der Waals surface area contributed by atoms with Crippen molar-refractivity contribution in [3.8, 4) is 0 Å². The summed E-state index contributed by atoms with van der Waals surface area (Å²) in [4.78, 5) is 15.5. The van der Waals surface area contributed by atoms with E-state index in [1.165, 1.54) is 37.7 Å². The van der Waals surface area contributed by atoms with Crippen LogP contribution in [0.25, 0.3) is 10.9 Å². The van der Waals surface area contributed by atoms with E-state index in [1.807, 2.05) is 0 Å². The van der Waals surface area contributed by atoms with Gasteiger partial charge in [0.1, 0.15) is 5.82 Å². The van der Waals surface area contributed by atoms with Crippen LogP contribution in [0.5, 0.6) is 0 Å². The summed E-state index contributed by atoms with van der Waals surface area (Å²) in [5.41, 5.74) is 14.5. The van der Waals surface area contributed by atoms with Crippen molar-refractivity contribution in [2.24, 2.45) is 11.7 Å². The van der Waals surface area contributed by atoms with Crippen LogP contribution in [0.1, 0.15) is 62.5 Å². The van der Waals surface area contributed by atoms with Crippen LogP contribution >= 0.6 is 0 Å². The van der Waals surface area contributed by atoms with E-state index in [1.54, 1.807) is 0 Å². The molecule has 24 heavy (non-hydrogen) atoms. The number of nitrogens with two attached hydrogens (primary N) is 2. The molecule has 2 atom stereocenters. The van der Waals surface area contributed by atoms with Gasteiger partial charge in [-0.1, -0.05) is 32.3 Å². The van der Waals surface area contributed by atoms with Gasteiger partial charge >= 0.3 is 0 Å². The van der Waals surface area contributed by atoms with Crippen molar-refractivity contribution in [1.29, 1.82) is 0 Å². The summed E-state index contributed by atoms with van der Waals surface area (Å²) in [5.74, 6) is 1.68. The fraction of sp³-hybridized carbons (Fsp3) is 0.500. The SMILES string of the molecule is CC1CCCC(c2ccc3nc(N)c(CCC(N)=O)cc3c2)CC1. The van der Waals surface area contributed by atoms with E-state index in [4.69, 9.17) is 11.5 Å². The fourth-order valence-corrected chi connectivity index (χ4v) is 3.79. The molecule has 1 heterocycles. The monoisotopic (exact) mass is 325 g/mol. The zero-order valence-electron chi connectivity index (χ0n) is 14.4. The Bertz CT molecular complexity index is 741. The van der Waals surface area contributed by atoms with E-state index in [0.29, 0.717) is 24.6 Å². The van der Waals surface area contributed by atoms with Crippen molar-refractivity contribution in [1.82, 2.24) is 4.98 Å². The zero-order chi connectivity index (χ0) is 17.1. The minimum absolute atomic E-state index is 0.303. The highest BCUT2D eigenvalue weighted by atomic mass is 16.1. The number of aryl methyl sites for hydroxylation is 1. The van der Waals surface area contributed by atoms with Gasteiger partial charge < -0.3 is 11.5 Å². The van der Waals surface area contributed by atoms with Crippen molar-refractivity contribution in [3.63, 3.8) is 0 Å². The maximum atomic E-state index is 11.0. The molecule has 4 N–H and O–H groups in total. The smallest absolute Gasteiger partial charge is 0.217 e. The van der Waals surface area contributed by atoms with E-state index < -0.39 is 0 Å². The molecule has 1 saturated carbocycles. The third-order valence-electron chi connectivity index (χ3n) is 5.32. The molecule has 4 nitrogen and oxygen atoms in total. The largest absolute Gasteiger partial charge is 0.383 e. The number of aromatic nitrogens is 1. The van der Waals surface area contributed by atoms with Gasteiger partial charge in [-0.25, -0.2) is 4.98 Å². The Labute approximate surface area is 143 Å². The van der Waals surface area contributed by atoms with Gasteiger partial charge in [-0.05, 0) is 60.4 Å². The molecular weight excluding hydrogens is 298 g/mol. The minimum Gasteiger partial charge on any atom is -0.383 e. The van der Waals surface area contributed by atoms with Crippen LogP contribution in [0, 0.1) is 5.92 Å². The first-order chi connectivity index (χ1) is 11.5. The number of hydrogen-bond acceptors (Lipinski definition) is 3. The molecule has 1 aliphatic rings. The number of nitrogens with zero attached hydrogens (tertiary/aromatic N) is 1. The Morgan fingerprint density at radius 3 is 2.83 bits per heavy atom. The molecule has 1 fully saturated rings. The Balaban J connectivity index is 1.88. The molecule has 0 radical (unpaired) electrons. The highest BCUT2D eigenvalue weighted by Crippen LogP contribution is 2.35. The van der Waals surface area contributed by atoms with Gasteiger partial charge in [0.2, 0.25) is 5.91 Å². The quantitative estimate of drug-likeness (QED) is 0.836.